The van der Waals surface area contributed by atoms with E-state index in [0.717, 1.165) is 23.5 Å². The monoisotopic (exact) mass is 209 g/mol. The van der Waals surface area contributed by atoms with E-state index in [1.54, 1.807) is 0 Å². The first-order valence-corrected chi connectivity index (χ1v) is 5.00. The van der Waals surface area contributed by atoms with Gasteiger partial charge in [-0.3, -0.25) is 0 Å². The molecule has 1 aromatic rings. The van der Waals surface area contributed by atoms with Crippen LogP contribution in [0, 0.1) is 0 Å². The normalized spacial score (nSPS) is 15.3. The Hall–Kier alpha value is -1.26. The number of nitrogens with one attached hydrogen (secondary N) is 1. The van der Waals surface area contributed by atoms with Crippen LogP contribution in [0.25, 0.3) is 0 Å². The third kappa shape index (κ3) is 2.22. The van der Waals surface area contributed by atoms with Crippen LogP contribution in [-0.2, 0) is 6.42 Å². The minimum absolute atomic E-state index is 0.0883. The summed E-state index contributed by atoms with van der Waals surface area (Å²) in [4.78, 5) is 0. The van der Waals surface area contributed by atoms with Gasteiger partial charge < -0.3 is 19.9 Å². The van der Waals surface area contributed by atoms with Crippen molar-refractivity contribution in [3.63, 3.8) is 0 Å². The van der Waals surface area contributed by atoms with Gasteiger partial charge in [0, 0.05) is 6.04 Å². The molecule has 0 saturated carbocycles. The SMILES string of the molecule is CN[C@H](CO)Cc1ccc2c(c1)OCO2. The van der Waals surface area contributed by atoms with Crippen molar-refractivity contribution in [2.24, 2.45) is 0 Å². The molecule has 0 amide bonds. The van der Waals surface area contributed by atoms with Crippen molar-refractivity contribution in [3.05, 3.63) is 23.8 Å². The Kier molecular flexibility index (Phi) is 3.08. The number of ether oxygens (including phenoxy) is 2. The van der Waals surface area contributed by atoms with Crippen molar-refractivity contribution in [2.45, 2.75) is 12.5 Å². The highest BCUT2D eigenvalue weighted by molar-refractivity contribution is 5.44. The van der Waals surface area contributed by atoms with E-state index in [0.29, 0.717) is 6.79 Å². The van der Waals surface area contributed by atoms with Crippen molar-refractivity contribution in [1.29, 1.82) is 0 Å². The van der Waals surface area contributed by atoms with Crippen molar-refractivity contribution < 1.29 is 14.6 Å². The van der Waals surface area contributed by atoms with Crippen molar-refractivity contribution in [3.8, 4) is 11.5 Å². The summed E-state index contributed by atoms with van der Waals surface area (Å²) in [7, 11) is 1.84. The van der Waals surface area contributed by atoms with Crippen LogP contribution in [-0.4, -0.2) is 31.6 Å². The second-order valence-electron chi connectivity index (χ2n) is 3.56. The highest BCUT2D eigenvalue weighted by Crippen LogP contribution is 2.32. The molecule has 4 heteroatoms. The summed E-state index contributed by atoms with van der Waals surface area (Å²) in [5.41, 5.74) is 1.13. The number of aliphatic hydroxyl groups is 1. The molecule has 15 heavy (non-hydrogen) atoms. The van der Waals surface area contributed by atoms with Crippen LogP contribution < -0.4 is 14.8 Å². The molecule has 0 unspecified atom stereocenters. The molecule has 0 saturated heterocycles. The number of fused-ring (bicyclic) bond motifs is 1. The van der Waals surface area contributed by atoms with E-state index in [1.165, 1.54) is 0 Å². The van der Waals surface area contributed by atoms with Crippen LogP contribution in [0.5, 0.6) is 11.5 Å². The molecule has 2 N–H and O–H groups in total. The van der Waals surface area contributed by atoms with E-state index in [9.17, 15) is 0 Å². The number of benzene rings is 1. The Bertz CT molecular complexity index is 337. The Labute approximate surface area is 88.8 Å². The smallest absolute Gasteiger partial charge is 0.231 e. The van der Waals surface area contributed by atoms with E-state index >= 15 is 0 Å². The summed E-state index contributed by atoms with van der Waals surface area (Å²) < 4.78 is 10.5. The summed E-state index contributed by atoms with van der Waals surface area (Å²) in [6.45, 7) is 0.430. The van der Waals surface area contributed by atoms with Crippen LogP contribution in [0.1, 0.15) is 5.56 Å². The molecule has 0 bridgehead atoms. The third-order valence-corrected chi connectivity index (χ3v) is 2.55. The fraction of sp³-hybridized carbons (Fsp3) is 0.455. The number of hydrogen-bond donors (Lipinski definition) is 2. The zero-order valence-corrected chi connectivity index (χ0v) is 8.69. The van der Waals surface area contributed by atoms with Crippen molar-refractivity contribution in [1.82, 2.24) is 5.32 Å². The summed E-state index contributed by atoms with van der Waals surface area (Å²) in [5, 5.41) is 12.1. The molecule has 0 spiro atoms. The van der Waals surface area contributed by atoms with Gasteiger partial charge in [-0.05, 0) is 31.2 Å². The fourth-order valence-corrected chi connectivity index (χ4v) is 1.61. The molecule has 1 heterocycles. The first-order chi connectivity index (χ1) is 7.33. The van der Waals surface area contributed by atoms with E-state index in [-0.39, 0.29) is 12.6 Å². The van der Waals surface area contributed by atoms with Gasteiger partial charge in [0.1, 0.15) is 0 Å². The number of aliphatic hydroxyl groups excluding tert-OH is 1. The molecule has 1 aliphatic rings. The number of rotatable bonds is 4. The maximum atomic E-state index is 9.06. The van der Waals surface area contributed by atoms with Crippen molar-refractivity contribution >= 4 is 0 Å². The number of likely N-dealkylation sites (N-methyl/N-ethyl adjacent to an activating group) is 1. The molecule has 0 fully saturated rings. The molecule has 1 aliphatic heterocycles. The van der Waals surface area contributed by atoms with Gasteiger partial charge in [0.05, 0.1) is 6.61 Å². The van der Waals surface area contributed by atoms with Gasteiger partial charge in [0.15, 0.2) is 11.5 Å². The van der Waals surface area contributed by atoms with Gasteiger partial charge in [0.25, 0.3) is 0 Å². The van der Waals surface area contributed by atoms with Crippen LogP contribution in [0.3, 0.4) is 0 Å². The molecule has 0 aliphatic carbocycles. The lowest BCUT2D eigenvalue weighted by Crippen LogP contribution is -2.31. The number of hydrogen-bond acceptors (Lipinski definition) is 4. The van der Waals surface area contributed by atoms with Crippen LogP contribution >= 0.6 is 0 Å². The van der Waals surface area contributed by atoms with Gasteiger partial charge in [-0.25, -0.2) is 0 Å². The quantitative estimate of drug-likeness (QED) is 0.760. The third-order valence-electron chi connectivity index (χ3n) is 2.55. The average molecular weight is 209 g/mol. The first-order valence-electron chi connectivity index (χ1n) is 5.00. The van der Waals surface area contributed by atoms with Gasteiger partial charge >= 0.3 is 0 Å². The molecule has 1 aromatic carbocycles. The molecule has 2 rings (SSSR count). The summed E-state index contributed by atoms with van der Waals surface area (Å²) in [6.07, 6.45) is 0.781. The maximum Gasteiger partial charge on any atom is 0.231 e. The van der Waals surface area contributed by atoms with E-state index in [2.05, 4.69) is 5.32 Å². The molecule has 4 nitrogen and oxygen atoms in total. The summed E-state index contributed by atoms with van der Waals surface area (Å²) >= 11 is 0. The van der Waals surface area contributed by atoms with Gasteiger partial charge in [-0.1, -0.05) is 6.07 Å². The average Bonchev–Trinajstić information content (AvgIpc) is 2.73. The Morgan fingerprint density at radius 2 is 2.20 bits per heavy atom. The van der Waals surface area contributed by atoms with Crippen LogP contribution in [0.4, 0.5) is 0 Å². The zero-order valence-electron chi connectivity index (χ0n) is 8.69. The second kappa shape index (κ2) is 4.51. The molecule has 0 aromatic heterocycles. The second-order valence-corrected chi connectivity index (χ2v) is 3.56. The molecule has 1 atom stereocenters. The lowest BCUT2D eigenvalue weighted by Gasteiger charge is -2.12. The highest BCUT2D eigenvalue weighted by atomic mass is 16.7. The minimum Gasteiger partial charge on any atom is -0.454 e. The Morgan fingerprint density at radius 3 is 2.93 bits per heavy atom. The first kappa shape index (κ1) is 10.3. The van der Waals surface area contributed by atoms with Crippen LogP contribution in [0.2, 0.25) is 0 Å². The Morgan fingerprint density at radius 1 is 1.40 bits per heavy atom. The van der Waals surface area contributed by atoms with Crippen molar-refractivity contribution in [2.75, 3.05) is 20.4 Å². The zero-order chi connectivity index (χ0) is 10.7. The highest BCUT2D eigenvalue weighted by Gasteiger charge is 2.14. The lowest BCUT2D eigenvalue weighted by molar-refractivity contribution is 0.174. The minimum atomic E-state index is 0.0883. The van der Waals surface area contributed by atoms with Gasteiger partial charge in [-0.15, -0.1) is 0 Å². The fourth-order valence-electron chi connectivity index (χ4n) is 1.61. The topological polar surface area (TPSA) is 50.7 Å². The predicted molar refractivity (Wildman–Crippen MR) is 56.2 cm³/mol. The standard InChI is InChI=1S/C11H15NO3/c1-12-9(6-13)4-8-2-3-10-11(5-8)15-7-14-10/h2-3,5,9,12-13H,4,6-7H2,1H3/t9-/m0/s1. The van der Waals surface area contributed by atoms with E-state index < -0.39 is 0 Å². The maximum absolute atomic E-state index is 9.06. The summed E-state index contributed by atoms with van der Waals surface area (Å²) in [5.74, 6) is 1.59. The summed E-state index contributed by atoms with van der Waals surface area (Å²) in [6, 6.07) is 5.95. The largest absolute Gasteiger partial charge is 0.454 e. The van der Waals surface area contributed by atoms with E-state index in [4.69, 9.17) is 14.6 Å². The van der Waals surface area contributed by atoms with Gasteiger partial charge in [0.2, 0.25) is 6.79 Å². The molecular weight excluding hydrogens is 194 g/mol. The Balaban J connectivity index is 2.09. The lowest BCUT2D eigenvalue weighted by atomic mass is 10.1. The van der Waals surface area contributed by atoms with E-state index in [1.807, 2.05) is 25.2 Å². The molecule has 82 valence electrons. The predicted octanol–water partition coefficient (Wildman–Crippen LogP) is 0.538. The molecule has 0 radical (unpaired) electrons. The van der Waals surface area contributed by atoms with Gasteiger partial charge in [-0.2, -0.15) is 0 Å². The molecular formula is C11H15NO3. The van der Waals surface area contributed by atoms with Crippen LogP contribution in [0.15, 0.2) is 18.2 Å².